The number of carbonyl (C=O) groups excluding carboxylic acids is 2. The number of carbonyl (C=O) groups is 3. The van der Waals surface area contributed by atoms with E-state index in [0.717, 1.165) is 0 Å². The van der Waals surface area contributed by atoms with Crippen LogP contribution in [0.4, 0.5) is 0 Å². The van der Waals surface area contributed by atoms with Crippen molar-refractivity contribution >= 4 is 17.7 Å². The fourth-order valence-electron chi connectivity index (χ4n) is 0.597. The minimum atomic E-state index is -1.79. The lowest BCUT2D eigenvalue weighted by Crippen LogP contribution is -2.25. The number of hydrogen-bond donors (Lipinski definition) is 1. The highest BCUT2D eigenvalue weighted by molar-refractivity contribution is 6.59. The molecular weight excluding hydrogens is 214 g/mol. The molecule has 16 heavy (non-hydrogen) atoms. The lowest BCUT2D eigenvalue weighted by atomic mass is 10.4. The predicted octanol–water partition coefficient (Wildman–Crippen LogP) is 0.285. The molecule has 0 spiro atoms. The van der Waals surface area contributed by atoms with Crippen molar-refractivity contribution in [1.29, 1.82) is 0 Å². The van der Waals surface area contributed by atoms with Gasteiger partial charge < -0.3 is 9.84 Å². The van der Waals surface area contributed by atoms with Gasteiger partial charge in [-0.1, -0.05) is 6.07 Å². The topological polar surface area (TPSA) is 93.6 Å². The Kier molecular flexibility index (Phi) is 6.97. The maximum atomic E-state index is 10.2. The van der Waals surface area contributed by atoms with E-state index in [1.165, 1.54) is 6.92 Å². The molecule has 0 aliphatic heterocycles. The van der Waals surface area contributed by atoms with Gasteiger partial charge in [-0.2, -0.15) is 0 Å². The van der Waals surface area contributed by atoms with Crippen molar-refractivity contribution in [3.8, 4) is 0 Å². The molecule has 0 amide bonds. The minimum Gasteiger partial charge on any atom is -0.475 e. The summed E-state index contributed by atoms with van der Waals surface area (Å²) >= 11 is 0. The first kappa shape index (κ1) is 13.8. The number of hydrogen-bond acceptors (Lipinski definition) is 5. The van der Waals surface area contributed by atoms with Crippen molar-refractivity contribution in [3.05, 3.63) is 30.6 Å². The fourth-order valence-corrected chi connectivity index (χ4v) is 0.597. The van der Waals surface area contributed by atoms with E-state index in [1.807, 2.05) is 18.2 Å². The second-order valence-corrected chi connectivity index (χ2v) is 2.38. The zero-order valence-corrected chi connectivity index (χ0v) is 8.62. The van der Waals surface area contributed by atoms with Gasteiger partial charge in [0.2, 0.25) is 0 Å². The number of aliphatic carboxylic acids is 1. The van der Waals surface area contributed by atoms with Crippen LogP contribution in [-0.2, 0) is 19.1 Å². The lowest BCUT2D eigenvalue weighted by molar-refractivity contribution is -0.161. The number of esters is 1. The molecule has 86 valence electrons. The standard InChI is InChI=1S/C5H5N.C5H6O5/c1-2-4-6-5-3-1;1-2-10-5(9)3(6)4(7)8/h1-5H;2H2,1H3,(H,7,8). The number of Topliss-reactive ketones (excluding diaryl/α,β-unsaturated/α-hetero) is 1. The molecule has 6 nitrogen and oxygen atoms in total. The van der Waals surface area contributed by atoms with Gasteiger partial charge in [0.25, 0.3) is 0 Å². The summed E-state index contributed by atoms with van der Waals surface area (Å²) in [5.74, 6) is -4.66. The summed E-state index contributed by atoms with van der Waals surface area (Å²) in [6.45, 7) is 1.48. The van der Waals surface area contributed by atoms with Gasteiger partial charge in [-0.3, -0.25) is 9.78 Å². The molecule has 0 saturated carbocycles. The van der Waals surface area contributed by atoms with Crippen molar-refractivity contribution in [2.75, 3.05) is 6.61 Å². The van der Waals surface area contributed by atoms with Crippen LogP contribution in [0, 0.1) is 0 Å². The molecule has 1 N–H and O–H groups in total. The quantitative estimate of drug-likeness (QED) is 0.451. The molecule has 0 aliphatic carbocycles. The Bertz CT molecular complexity index is 323. The molecule has 0 aliphatic rings. The number of ketones is 1. The summed E-state index contributed by atoms with van der Waals surface area (Å²) in [6.07, 6.45) is 3.50. The Morgan fingerprint density at radius 1 is 1.19 bits per heavy atom. The molecule has 1 rings (SSSR count). The van der Waals surface area contributed by atoms with Gasteiger partial charge in [0.05, 0.1) is 6.61 Å². The molecule has 1 heterocycles. The van der Waals surface area contributed by atoms with Crippen LogP contribution in [0.5, 0.6) is 0 Å². The molecule has 0 atom stereocenters. The maximum absolute atomic E-state index is 10.2. The summed E-state index contributed by atoms with van der Waals surface area (Å²) in [7, 11) is 0. The van der Waals surface area contributed by atoms with Gasteiger partial charge in [-0.25, -0.2) is 9.59 Å². The summed E-state index contributed by atoms with van der Waals surface area (Å²) < 4.78 is 4.10. The van der Waals surface area contributed by atoms with Crippen molar-refractivity contribution in [2.45, 2.75) is 6.92 Å². The number of ether oxygens (including phenoxy) is 1. The van der Waals surface area contributed by atoms with E-state index in [0.29, 0.717) is 0 Å². The van der Waals surface area contributed by atoms with E-state index in [4.69, 9.17) is 5.11 Å². The van der Waals surface area contributed by atoms with Crippen molar-refractivity contribution < 1.29 is 24.2 Å². The Morgan fingerprint density at radius 3 is 2.00 bits per heavy atom. The Hall–Kier alpha value is -2.24. The van der Waals surface area contributed by atoms with Gasteiger partial charge in [0, 0.05) is 12.4 Å². The van der Waals surface area contributed by atoms with E-state index in [2.05, 4.69) is 9.72 Å². The molecular formula is C10H11NO5. The first-order valence-corrected chi connectivity index (χ1v) is 4.39. The monoisotopic (exact) mass is 225 g/mol. The summed E-state index contributed by atoms with van der Waals surface area (Å²) in [5.41, 5.74) is 0. The average Bonchev–Trinajstić information content (AvgIpc) is 2.31. The number of carboxylic acids is 1. The second-order valence-electron chi connectivity index (χ2n) is 2.38. The van der Waals surface area contributed by atoms with Gasteiger partial charge in [-0.15, -0.1) is 0 Å². The van der Waals surface area contributed by atoms with Crippen LogP contribution in [0.2, 0.25) is 0 Å². The number of rotatable bonds is 3. The van der Waals surface area contributed by atoms with Crippen LogP contribution in [0.15, 0.2) is 30.6 Å². The summed E-state index contributed by atoms with van der Waals surface area (Å²) in [4.78, 5) is 33.9. The highest BCUT2D eigenvalue weighted by Crippen LogP contribution is 1.80. The molecule has 0 fully saturated rings. The van der Waals surface area contributed by atoms with Gasteiger partial charge in [0.1, 0.15) is 0 Å². The van der Waals surface area contributed by atoms with Crippen LogP contribution in [0.3, 0.4) is 0 Å². The van der Waals surface area contributed by atoms with Crippen LogP contribution in [-0.4, -0.2) is 34.4 Å². The highest BCUT2D eigenvalue weighted by atomic mass is 16.5. The lowest BCUT2D eigenvalue weighted by Gasteiger charge is -1.94. The van der Waals surface area contributed by atoms with Crippen molar-refractivity contribution in [3.63, 3.8) is 0 Å². The number of carboxylic acid groups (broad SMARTS) is 1. The zero-order valence-electron chi connectivity index (χ0n) is 8.62. The third kappa shape index (κ3) is 6.25. The molecule has 0 unspecified atom stereocenters. The minimum absolute atomic E-state index is 0.00213. The van der Waals surface area contributed by atoms with E-state index >= 15 is 0 Å². The van der Waals surface area contributed by atoms with Crippen LogP contribution < -0.4 is 0 Å². The first-order chi connectivity index (χ1) is 7.59. The van der Waals surface area contributed by atoms with Gasteiger partial charge in [-0.05, 0) is 19.1 Å². The van der Waals surface area contributed by atoms with Gasteiger partial charge >= 0.3 is 17.7 Å². The molecule has 1 aromatic heterocycles. The normalized spacial score (nSPS) is 8.31. The zero-order chi connectivity index (χ0) is 12.4. The smallest absolute Gasteiger partial charge is 0.386 e. The number of aromatic nitrogens is 1. The largest absolute Gasteiger partial charge is 0.475 e. The van der Waals surface area contributed by atoms with Crippen molar-refractivity contribution in [1.82, 2.24) is 4.98 Å². The van der Waals surface area contributed by atoms with E-state index < -0.39 is 17.7 Å². The fraction of sp³-hybridized carbons (Fsp3) is 0.200. The van der Waals surface area contributed by atoms with Gasteiger partial charge in [0.15, 0.2) is 0 Å². The Morgan fingerprint density at radius 2 is 1.75 bits per heavy atom. The highest BCUT2D eigenvalue weighted by Gasteiger charge is 2.22. The first-order valence-electron chi connectivity index (χ1n) is 4.39. The SMILES string of the molecule is CCOC(=O)C(=O)C(=O)O.c1ccncc1. The third-order valence-electron chi connectivity index (χ3n) is 1.22. The molecule has 6 heteroatoms. The predicted molar refractivity (Wildman–Crippen MR) is 53.5 cm³/mol. The van der Waals surface area contributed by atoms with Crippen LogP contribution in [0.25, 0.3) is 0 Å². The molecule has 0 saturated heterocycles. The van der Waals surface area contributed by atoms with Crippen molar-refractivity contribution in [2.24, 2.45) is 0 Å². The Balaban J connectivity index is 0.000000315. The average molecular weight is 225 g/mol. The van der Waals surface area contributed by atoms with E-state index in [9.17, 15) is 14.4 Å². The second kappa shape index (κ2) is 8.10. The van der Waals surface area contributed by atoms with E-state index in [-0.39, 0.29) is 6.61 Å². The third-order valence-corrected chi connectivity index (χ3v) is 1.22. The van der Waals surface area contributed by atoms with Crippen LogP contribution >= 0.6 is 0 Å². The molecule has 0 bridgehead atoms. The molecule has 1 aromatic rings. The molecule has 0 aromatic carbocycles. The maximum Gasteiger partial charge on any atom is 0.386 e. The Labute approximate surface area is 91.9 Å². The summed E-state index contributed by atoms with van der Waals surface area (Å²) in [5, 5.41) is 7.93. The van der Waals surface area contributed by atoms with E-state index in [1.54, 1.807) is 12.4 Å². The number of pyridine rings is 1. The number of nitrogens with zero attached hydrogens (tertiary/aromatic N) is 1. The van der Waals surface area contributed by atoms with Crippen LogP contribution in [0.1, 0.15) is 6.92 Å². The summed E-state index contributed by atoms with van der Waals surface area (Å²) in [6, 6.07) is 5.72. The molecule has 0 radical (unpaired) electrons.